The van der Waals surface area contributed by atoms with E-state index in [1.165, 1.54) is 24.9 Å². The van der Waals surface area contributed by atoms with Crippen LogP contribution in [0.3, 0.4) is 0 Å². The fraction of sp³-hybridized carbons (Fsp3) is 0. The molecule has 2 heterocycles. The summed E-state index contributed by atoms with van der Waals surface area (Å²) < 4.78 is 4.67. The number of hydrogen-bond acceptors (Lipinski definition) is 5. The number of rotatable bonds is 3. The van der Waals surface area contributed by atoms with Crippen molar-refractivity contribution in [3.05, 3.63) is 132 Å². The fourth-order valence-corrected chi connectivity index (χ4v) is 8.56. The highest BCUT2D eigenvalue weighted by Gasteiger charge is 2.24. The van der Waals surface area contributed by atoms with Gasteiger partial charge < -0.3 is 0 Å². The molecule has 8 aromatic rings. The lowest BCUT2D eigenvalue weighted by atomic mass is 9.83. The Labute approximate surface area is 261 Å². The van der Waals surface area contributed by atoms with E-state index in [2.05, 4.69) is 78.9 Å². The summed E-state index contributed by atoms with van der Waals surface area (Å²) in [4.78, 5) is 0. The number of thiophene rings is 2. The van der Waals surface area contributed by atoms with Gasteiger partial charge in [-0.3, -0.25) is 0 Å². The van der Waals surface area contributed by atoms with Crippen LogP contribution in [0.1, 0.15) is 16.7 Å². The van der Waals surface area contributed by atoms with Crippen LogP contribution in [0.25, 0.3) is 73.7 Å². The molecule has 5 heteroatoms. The average Bonchev–Trinajstić information content (AvgIpc) is 3.65. The third-order valence-corrected chi connectivity index (χ3v) is 10.6. The van der Waals surface area contributed by atoms with E-state index in [4.69, 9.17) is 0 Å². The molecular weight excluding hydrogens is 575 g/mol. The minimum absolute atomic E-state index is 0.419. The van der Waals surface area contributed by atoms with Gasteiger partial charge in [-0.1, -0.05) is 72.8 Å². The van der Waals surface area contributed by atoms with E-state index in [1.54, 1.807) is 40.9 Å². The van der Waals surface area contributed by atoms with Crippen LogP contribution in [-0.4, -0.2) is 0 Å². The second kappa shape index (κ2) is 10.2. The quantitative estimate of drug-likeness (QED) is 0.205. The molecule has 0 fully saturated rings. The molecule has 0 saturated carbocycles. The average molecular weight is 594 g/mol. The van der Waals surface area contributed by atoms with Crippen LogP contribution in [0.5, 0.6) is 0 Å². The van der Waals surface area contributed by atoms with Gasteiger partial charge >= 0.3 is 0 Å². The third-order valence-electron chi connectivity index (χ3n) is 8.21. The molecule has 0 atom stereocenters. The molecule has 6 aromatic carbocycles. The first kappa shape index (κ1) is 25.9. The smallest absolute Gasteiger partial charge is 0.100 e. The Morgan fingerprint density at radius 3 is 1.86 bits per heavy atom. The summed E-state index contributed by atoms with van der Waals surface area (Å²) in [6.45, 7) is 0. The van der Waals surface area contributed by atoms with Crippen LogP contribution in [0.4, 0.5) is 0 Å². The molecule has 0 radical (unpaired) electrons. The maximum Gasteiger partial charge on any atom is 0.100 e. The molecule has 0 aliphatic carbocycles. The molecule has 0 saturated heterocycles. The summed E-state index contributed by atoms with van der Waals surface area (Å²) in [7, 11) is 0. The molecule has 0 spiro atoms. The highest BCUT2D eigenvalue weighted by molar-refractivity contribution is 7.26. The van der Waals surface area contributed by atoms with Gasteiger partial charge in [0.25, 0.3) is 0 Å². The summed E-state index contributed by atoms with van der Waals surface area (Å²) in [5.74, 6) is 0. The Hall–Kier alpha value is -5.77. The van der Waals surface area contributed by atoms with Crippen LogP contribution in [0.2, 0.25) is 0 Å². The molecule has 0 aliphatic heterocycles. The van der Waals surface area contributed by atoms with Gasteiger partial charge in [0.05, 0.1) is 22.8 Å². The van der Waals surface area contributed by atoms with Crippen LogP contribution in [0.15, 0.2) is 115 Å². The van der Waals surface area contributed by atoms with E-state index in [9.17, 15) is 15.8 Å². The highest BCUT2D eigenvalue weighted by Crippen LogP contribution is 2.46. The summed E-state index contributed by atoms with van der Waals surface area (Å²) in [6.07, 6.45) is 0. The lowest BCUT2D eigenvalue weighted by molar-refractivity contribution is 1.43. The van der Waals surface area contributed by atoms with E-state index < -0.39 is 0 Å². The lowest BCUT2D eigenvalue weighted by Gasteiger charge is -2.18. The van der Waals surface area contributed by atoms with Crippen molar-refractivity contribution >= 4 is 63.0 Å². The summed E-state index contributed by atoms with van der Waals surface area (Å²) in [5.41, 5.74) is 5.92. The molecule has 0 unspecified atom stereocenters. The highest BCUT2D eigenvalue weighted by atomic mass is 32.1. The fourth-order valence-electron chi connectivity index (χ4n) is 6.24. The zero-order valence-corrected chi connectivity index (χ0v) is 24.8. The van der Waals surface area contributed by atoms with Gasteiger partial charge in [-0.15, -0.1) is 22.7 Å². The topological polar surface area (TPSA) is 71.4 Å². The van der Waals surface area contributed by atoms with Gasteiger partial charge in [-0.2, -0.15) is 15.8 Å². The molecule has 2 aromatic heterocycles. The van der Waals surface area contributed by atoms with Crippen molar-refractivity contribution in [2.75, 3.05) is 0 Å². The van der Waals surface area contributed by atoms with Gasteiger partial charge in [0.2, 0.25) is 0 Å². The third kappa shape index (κ3) is 3.91. The van der Waals surface area contributed by atoms with Crippen LogP contribution < -0.4 is 0 Å². The number of nitriles is 3. The van der Waals surface area contributed by atoms with Gasteiger partial charge in [-0.05, 0) is 53.6 Å². The first-order valence-electron chi connectivity index (χ1n) is 14.0. The molecule has 0 amide bonds. The SMILES string of the molecule is N#Cc1cccc(-c2c(C#N)c(-c3ccc4sc5ccccc5c4c3)cc(-c3cccc4c3sc3ccccc34)c2C#N)c1. The molecule has 0 bridgehead atoms. The monoisotopic (exact) mass is 593 g/mol. The Morgan fingerprint density at radius 1 is 0.432 bits per heavy atom. The Kier molecular flexibility index (Phi) is 6.00. The zero-order chi connectivity index (χ0) is 29.8. The number of nitrogens with zero attached hydrogens (tertiary/aromatic N) is 3. The summed E-state index contributed by atoms with van der Waals surface area (Å²) in [5, 5.41) is 35.8. The van der Waals surface area contributed by atoms with Gasteiger partial charge in [0.1, 0.15) is 12.1 Å². The minimum Gasteiger partial charge on any atom is -0.192 e. The number of fused-ring (bicyclic) bond motifs is 6. The van der Waals surface area contributed by atoms with Gasteiger partial charge in [0, 0.05) is 62.6 Å². The van der Waals surface area contributed by atoms with E-state index in [-0.39, 0.29) is 0 Å². The van der Waals surface area contributed by atoms with Crippen molar-refractivity contribution in [3.8, 4) is 51.6 Å². The molecule has 0 N–H and O–H groups in total. The van der Waals surface area contributed by atoms with Crippen molar-refractivity contribution < 1.29 is 0 Å². The molecule has 3 nitrogen and oxygen atoms in total. The molecule has 44 heavy (non-hydrogen) atoms. The molecule has 202 valence electrons. The minimum atomic E-state index is 0.419. The summed E-state index contributed by atoms with van der Waals surface area (Å²) >= 11 is 3.46. The Bertz CT molecular complexity index is 2600. The standard InChI is InChI=1S/C39H19N3S2/c40-20-23-7-5-8-25(17-23)38-33(21-41)30(24-15-16-37-32(18-24)27-10-2-3-13-35(27)43-37)19-31(34(38)22-42)29-12-6-11-28-26-9-1-4-14-36(26)44-39(28)29/h1-19H. The number of benzene rings is 6. The van der Waals surface area contributed by atoms with E-state index in [0.29, 0.717) is 27.8 Å². The first-order valence-corrected chi connectivity index (χ1v) is 15.7. The maximum atomic E-state index is 10.8. The molecule has 0 aliphatic rings. The second-order valence-electron chi connectivity index (χ2n) is 10.6. The van der Waals surface area contributed by atoms with E-state index in [0.717, 1.165) is 37.7 Å². The predicted molar refractivity (Wildman–Crippen MR) is 183 cm³/mol. The Morgan fingerprint density at radius 2 is 1.09 bits per heavy atom. The van der Waals surface area contributed by atoms with E-state index >= 15 is 0 Å². The number of hydrogen-bond donors (Lipinski definition) is 0. The van der Waals surface area contributed by atoms with Crippen molar-refractivity contribution in [2.45, 2.75) is 0 Å². The van der Waals surface area contributed by atoms with E-state index in [1.807, 2.05) is 36.4 Å². The predicted octanol–water partition coefficient (Wildman–Crippen LogP) is 11.0. The van der Waals surface area contributed by atoms with Crippen LogP contribution >= 0.6 is 22.7 Å². The Balaban J connectivity index is 1.50. The normalized spacial score (nSPS) is 11.1. The van der Waals surface area contributed by atoms with Gasteiger partial charge in [-0.25, -0.2) is 0 Å². The van der Waals surface area contributed by atoms with Crippen molar-refractivity contribution in [2.24, 2.45) is 0 Å². The largest absolute Gasteiger partial charge is 0.192 e. The van der Waals surface area contributed by atoms with Crippen molar-refractivity contribution in [1.29, 1.82) is 15.8 Å². The van der Waals surface area contributed by atoms with Crippen molar-refractivity contribution in [3.63, 3.8) is 0 Å². The van der Waals surface area contributed by atoms with Gasteiger partial charge in [0.15, 0.2) is 0 Å². The van der Waals surface area contributed by atoms with Crippen molar-refractivity contribution in [1.82, 2.24) is 0 Å². The summed E-state index contributed by atoms with van der Waals surface area (Å²) in [6, 6.07) is 45.6. The molecular formula is C39H19N3S2. The maximum absolute atomic E-state index is 10.8. The zero-order valence-electron chi connectivity index (χ0n) is 23.1. The first-order chi connectivity index (χ1) is 21.7. The second-order valence-corrected chi connectivity index (χ2v) is 12.7. The lowest BCUT2D eigenvalue weighted by Crippen LogP contribution is -1.98. The van der Waals surface area contributed by atoms with Crippen LogP contribution in [-0.2, 0) is 0 Å². The van der Waals surface area contributed by atoms with Crippen LogP contribution in [0, 0.1) is 34.0 Å². The molecule has 8 rings (SSSR count).